The molecule has 3 aliphatic heterocycles. The molecule has 0 bridgehead atoms. The van der Waals surface area contributed by atoms with Crippen molar-refractivity contribution in [3.05, 3.63) is 29.3 Å². The van der Waals surface area contributed by atoms with E-state index in [9.17, 15) is 26.0 Å². The van der Waals surface area contributed by atoms with E-state index >= 15 is 0 Å². The van der Waals surface area contributed by atoms with Crippen molar-refractivity contribution in [2.75, 3.05) is 37.7 Å². The molecule has 28 heavy (non-hydrogen) atoms. The first-order valence-corrected chi connectivity index (χ1v) is 11.2. The topological polar surface area (TPSA) is 53.5 Å². The Balaban J connectivity index is 1.09. The summed E-state index contributed by atoms with van der Waals surface area (Å²) in [5, 5.41) is 4.49. The van der Waals surface area contributed by atoms with Crippen LogP contribution in [0, 0.1) is 22.6 Å². The van der Waals surface area contributed by atoms with Crippen molar-refractivity contribution in [1.29, 1.82) is 0 Å². The molecule has 1 aromatic heterocycles. The highest BCUT2D eigenvalue weighted by Crippen LogP contribution is 2.55. The zero-order chi connectivity index (χ0) is 19.9. The van der Waals surface area contributed by atoms with Crippen LogP contribution >= 0.6 is 0 Å². The summed E-state index contributed by atoms with van der Waals surface area (Å²) in [5.74, 6) is -0.0142. The van der Waals surface area contributed by atoms with Crippen LogP contribution in [-0.2, 0) is 22.4 Å². The van der Waals surface area contributed by atoms with E-state index in [1.807, 2.05) is 0 Å². The van der Waals surface area contributed by atoms with Crippen LogP contribution in [0.1, 0.15) is 24.1 Å². The standard InChI is InChI=1S/C18H21F4N3O2S/c19-14-2-13(18(20,21)22)5-23-15(14)1-12-3-16(4-12)6-24(7-16)25-8-17(9-25)10-28(26,27)11-17/h2,5,12H,1,3-4,6-11H2. The first-order valence-electron chi connectivity index (χ1n) is 9.39. The lowest BCUT2D eigenvalue weighted by molar-refractivity contribution is -0.242. The molecular weight excluding hydrogens is 398 g/mol. The molecule has 3 saturated heterocycles. The lowest BCUT2D eigenvalue weighted by Gasteiger charge is -2.66. The van der Waals surface area contributed by atoms with Crippen molar-refractivity contribution < 1.29 is 26.0 Å². The largest absolute Gasteiger partial charge is 0.417 e. The van der Waals surface area contributed by atoms with E-state index in [4.69, 9.17) is 0 Å². The summed E-state index contributed by atoms with van der Waals surface area (Å²) in [6.45, 7) is 3.48. The molecule has 4 heterocycles. The van der Waals surface area contributed by atoms with Gasteiger partial charge in [-0.05, 0) is 36.7 Å². The first kappa shape index (κ1) is 18.7. The second kappa shape index (κ2) is 5.66. The Morgan fingerprint density at radius 1 is 1.07 bits per heavy atom. The maximum Gasteiger partial charge on any atom is 0.417 e. The third kappa shape index (κ3) is 3.04. The second-order valence-electron chi connectivity index (χ2n) is 9.31. The van der Waals surface area contributed by atoms with Crippen molar-refractivity contribution in [2.45, 2.75) is 25.4 Å². The number of sulfone groups is 1. The normalized spacial score (nSPS) is 28.4. The Kier molecular flexibility index (Phi) is 3.79. The van der Waals surface area contributed by atoms with Gasteiger partial charge in [0.15, 0.2) is 9.84 Å². The van der Waals surface area contributed by atoms with Crippen LogP contribution < -0.4 is 0 Å². The van der Waals surface area contributed by atoms with Crippen LogP contribution in [0.5, 0.6) is 0 Å². The summed E-state index contributed by atoms with van der Waals surface area (Å²) in [6, 6.07) is 0.530. The SMILES string of the molecule is O=S1(=O)CC2(CN(N3CC4(CC(Cc5ncc(C(F)(F)F)cc5F)C4)C3)C2)C1. The second-order valence-corrected chi connectivity index (χ2v) is 11.4. The van der Waals surface area contributed by atoms with Crippen LogP contribution in [0.15, 0.2) is 12.3 Å². The molecule has 1 saturated carbocycles. The average molecular weight is 419 g/mol. The van der Waals surface area contributed by atoms with Gasteiger partial charge in [0.05, 0.1) is 22.8 Å². The molecule has 154 valence electrons. The number of halogens is 4. The summed E-state index contributed by atoms with van der Waals surface area (Å²) in [7, 11) is -2.80. The van der Waals surface area contributed by atoms with Gasteiger partial charge in [-0.1, -0.05) is 0 Å². The van der Waals surface area contributed by atoms with E-state index in [-0.39, 0.29) is 22.4 Å². The number of alkyl halides is 3. The number of hydrogen-bond donors (Lipinski definition) is 0. The van der Waals surface area contributed by atoms with Crippen molar-refractivity contribution in [3.8, 4) is 0 Å². The Labute approximate surface area is 160 Å². The maximum absolute atomic E-state index is 14.0. The van der Waals surface area contributed by atoms with Crippen molar-refractivity contribution in [1.82, 2.24) is 15.0 Å². The fourth-order valence-corrected chi connectivity index (χ4v) is 7.69. The fourth-order valence-electron chi connectivity index (χ4n) is 5.54. The summed E-state index contributed by atoms with van der Waals surface area (Å²) < 4.78 is 74.5. The first-order chi connectivity index (χ1) is 13.0. The highest BCUT2D eigenvalue weighted by molar-refractivity contribution is 7.92. The Morgan fingerprint density at radius 2 is 1.64 bits per heavy atom. The number of aromatic nitrogens is 1. The molecule has 0 aromatic carbocycles. The van der Waals surface area contributed by atoms with E-state index in [0.29, 0.717) is 30.2 Å². The molecule has 0 radical (unpaired) electrons. The zero-order valence-corrected chi connectivity index (χ0v) is 16.0. The highest BCUT2D eigenvalue weighted by atomic mass is 32.2. The van der Waals surface area contributed by atoms with Gasteiger partial charge in [0.2, 0.25) is 0 Å². The van der Waals surface area contributed by atoms with E-state index in [1.165, 1.54) is 0 Å². The van der Waals surface area contributed by atoms with Crippen LogP contribution in [0.25, 0.3) is 0 Å². The number of rotatable bonds is 3. The summed E-state index contributed by atoms with van der Waals surface area (Å²) in [4.78, 5) is 3.70. The van der Waals surface area contributed by atoms with Gasteiger partial charge in [0.1, 0.15) is 5.82 Å². The van der Waals surface area contributed by atoms with E-state index in [1.54, 1.807) is 0 Å². The molecule has 1 aliphatic carbocycles. The smallest absolute Gasteiger partial charge is 0.258 e. The molecule has 4 aliphatic rings. The van der Waals surface area contributed by atoms with Crippen LogP contribution in [0.2, 0.25) is 0 Å². The molecule has 5 rings (SSSR count). The average Bonchev–Trinajstić information content (AvgIpc) is 2.43. The monoisotopic (exact) mass is 419 g/mol. The molecule has 0 atom stereocenters. The lowest BCUT2D eigenvalue weighted by Crippen LogP contribution is -2.77. The highest BCUT2D eigenvalue weighted by Gasteiger charge is 2.61. The van der Waals surface area contributed by atoms with Crippen molar-refractivity contribution in [2.24, 2.45) is 16.7 Å². The van der Waals surface area contributed by atoms with Gasteiger partial charge in [0.25, 0.3) is 0 Å². The summed E-state index contributed by atoms with van der Waals surface area (Å²) in [6.07, 6.45) is -1.64. The van der Waals surface area contributed by atoms with Crippen LogP contribution in [0.3, 0.4) is 0 Å². The zero-order valence-electron chi connectivity index (χ0n) is 15.2. The minimum Gasteiger partial charge on any atom is -0.258 e. The predicted octanol–water partition coefficient (Wildman–Crippen LogP) is 2.14. The molecule has 0 unspecified atom stereocenters. The van der Waals surface area contributed by atoms with Gasteiger partial charge in [-0.3, -0.25) is 4.98 Å². The van der Waals surface area contributed by atoms with Gasteiger partial charge in [0, 0.05) is 37.8 Å². The van der Waals surface area contributed by atoms with E-state index < -0.39 is 27.4 Å². The predicted molar refractivity (Wildman–Crippen MR) is 92.3 cm³/mol. The van der Waals surface area contributed by atoms with Crippen LogP contribution in [0.4, 0.5) is 17.6 Å². The van der Waals surface area contributed by atoms with Gasteiger partial charge >= 0.3 is 6.18 Å². The third-order valence-corrected chi connectivity index (χ3v) is 8.80. The fraction of sp³-hybridized carbons (Fsp3) is 0.722. The van der Waals surface area contributed by atoms with Crippen molar-refractivity contribution >= 4 is 9.84 Å². The van der Waals surface area contributed by atoms with Gasteiger partial charge in [-0.25, -0.2) is 22.8 Å². The molecule has 5 nitrogen and oxygen atoms in total. The minimum absolute atomic E-state index is 0.0183. The molecule has 0 amide bonds. The van der Waals surface area contributed by atoms with Gasteiger partial charge in [-0.15, -0.1) is 0 Å². The Bertz CT molecular complexity index is 899. The molecule has 0 N–H and O–H groups in total. The number of hydrazine groups is 1. The molecule has 10 heteroatoms. The molecule has 4 fully saturated rings. The number of pyridine rings is 1. The summed E-state index contributed by atoms with van der Waals surface area (Å²) in [5.41, 5.74) is -0.739. The minimum atomic E-state index is -4.58. The van der Waals surface area contributed by atoms with Crippen LogP contribution in [-0.4, -0.2) is 61.1 Å². The number of hydrogen-bond acceptors (Lipinski definition) is 5. The van der Waals surface area contributed by atoms with Gasteiger partial charge in [-0.2, -0.15) is 13.2 Å². The lowest BCUT2D eigenvalue weighted by atomic mass is 9.57. The van der Waals surface area contributed by atoms with Gasteiger partial charge < -0.3 is 0 Å². The Hall–Kier alpha value is -1.26. The molecular formula is C18H21F4N3O2S. The van der Waals surface area contributed by atoms with E-state index in [0.717, 1.165) is 39.0 Å². The molecule has 2 spiro atoms. The van der Waals surface area contributed by atoms with E-state index in [2.05, 4.69) is 15.0 Å². The van der Waals surface area contributed by atoms with Crippen molar-refractivity contribution in [3.63, 3.8) is 0 Å². The maximum atomic E-state index is 14.0. The Morgan fingerprint density at radius 3 is 2.14 bits per heavy atom. The number of nitrogens with zero attached hydrogens (tertiary/aromatic N) is 3. The summed E-state index contributed by atoms with van der Waals surface area (Å²) >= 11 is 0. The quantitative estimate of drug-likeness (QED) is 0.703. The third-order valence-electron chi connectivity index (χ3n) is 6.69. The molecule has 1 aromatic rings.